The summed E-state index contributed by atoms with van der Waals surface area (Å²) in [5, 5.41) is 13.0. The lowest BCUT2D eigenvalue weighted by Crippen LogP contribution is -2.39. The van der Waals surface area contributed by atoms with Crippen LogP contribution in [0.3, 0.4) is 0 Å². The van der Waals surface area contributed by atoms with Crippen LogP contribution in [0.5, 0.6) is 0 Å². The largest absolute Gasteiger partial charge is 0.457 e. The highest BCUT2D eigenvalue weighted by molar-refractivity contribution is 5.97. The van der Waals surface area contributed by atoms with Gasteiger partial charge in [-0.25, -0.2) is 0 Å². The summed E-state index contributed by atoms with van der Waals surface area (Å²) in [6.07, 6.45) is 5.44. The van der Waals surface area contributed by atoms with Crippen molar-refractivity contribution in [1.82, 2.24) is 5.32 Å². The molecule has 1 saturated heterocycles. The zero-order valence-corrected chi connectivity index (χ0v) is 20.9. The number of hydrogen-bond acceptors (Lipinski definition) is 7. The Hall–Kier alpha value is -2.32. The summed E-state index contributed by atoms with van der Waals surface area (Å²) in [4.78, 5) is 48.9. The smallest absolute Gasteiger partial charge is 0.306 e. The number of methoxy groups -OCH3 is 1. The number of amides is 2. The summed E-state index contributed by atoms with van der Waals surface area (Å²) in [5.74, 6) is -1.90. The van der Waals surface area contributed by atoms with Crippen molar-refractivity contribution in [1.29, 1.82) is 0 Å². The number of hydrogen-bond donors (Lipinski definition) is 2. The van der Waals surface area contributed by atoms with Crippen molar-refractivity contribution in [2.24, 2.45) is 23.7 Å². The number of ether oxygens (including phenoxy) is 2. The quantitative estimate of drug-likeness (QED) is 0.329. The first-order valence-electron chi connectivity index (χ1n) is 12.1. The third-order valence-electron chi connectivity index (χ3n) is 6.70. The molecule has 2 heterocycles. The Morgan fingerprint density at radius 2 is 1.88 bits per heavy atom. The molecule has 2 aliphatic rings. The first-order chi connectivity index (χ1) is 16.0. The van der Waals surface area contributed by atoms with Crippen LogP contribution in [-0.4, -0.2) is 54.1 Å². The van der Waals surface area contributed by atoms with Gasteiger partial charge in [-0.3, -0.25) is 24.5 Å². The lowest BCUT2D eigenvalue weighted by Gasteiger charge is -2.29. The normalized spacial score (nSPS) is 31.7. The molecule has 2 aliphatic heterocycles. The third kappa shape index (κ3) is 8.17. The molecule has 0 saturated carbocycles. The number of ketones is 1. The van der Waals surface area contributed by atoms with E-state index in [2.05, 4.69) is 5.32 Å². The lowest BCUT2D eigenvalue weighted by molar-refractivity contribution is -0.151. The maximum Gasteiger partial charge on any atom is 0.306 e. The number of rotatable bonds is 7. The second-order valence-electron chi connectivity index (χ2n) is 9.88. The maximum absolute atomic E-state index is 13.1. The van der Waals surface area contributed by atoms with Crippen molar-refractivity contribution >= 4 is 23.6 Å². The number of aliphatic hydroxyl groups is 1. The van der Waals surface area contributed by atoms with E-state index >= 15 is 0 Å². The third-order valence-corrected chi connectivity index (χ3v) is 6.70. The minimum absolute atomic E-state index is 0.0155. The maximum atomic E-state index is 13.1. The zero-order valence-electron chi connectivity index (χ0n) is 20.9. The molecule has 0 aromatic carbocycles. The molecule has 0 bridgehead atoms. The monoisotopic (exact) mass is 477 g/mol. The van der Waals surface area contributed by atoms with Gasteiger partial charge in [0.1, 0.15) is 18.0 Å². The van der Waals surface area contributed by atoms with Crippen LogP contribution < -0.4 is 5.32 Å². The number of carbonyl (C=O) groups is 4. The van der Waals surface area contributed by atoms with Crippen LogP contribution in [0.15, 0.2) is 23.8 Å². The van der Waals surface area contributed by atoms with Crippen LogP contribution in [-0.2, 0) is 28.7 Å². The van der Waals surface area contributed by atoms with Crippen molar-refractivity contribution in [2.75, 3.05) is 7.11 Å². The molecule has 1 unspecified atom stereocenters. The molecule has 6 atom stereocenters. The van der Waals surface area contributed by atoms with Crippen LogP contribution in [0.4, 0.5) is 0 Å². The molecule has 2 amide bonds. The summed E-state index contributed by atoms with van der Waals surface area (Å²) in [5.41, 5.74) is 0.711. The van der Waals surface area contributed by atoms with E-state index in [1.54, 1.807) is 19.1 Å². The molecule has 0 radical (unpaired) electrons. The fourth-order valence-corrected chi connectivity index (χ4v) is 4.83. The predicted octanol–water partition coefficient (Wildman–Crippen LogP) is 2.88. The number of esters is 1. The lowest BCUT2D eigenvalue weighted by atomic mass is 9.82. The SMILES string of the molecule is COC1/C=C/CCC(=O)O[C@H]([C@H](C)C(=O)C[C@H](C)CC2CC(=O)NC(=O)C2)/C(C)=C\[C@@H](C)[C@@H]1O. The Balaban J connectivity index is 2.11. The van der Waals surface area contributed by atoms with Gasteiger partial charge < -0.3 is 14.6 Å². The second-order valence-corrected chi connectivity index (χ2v) is 9.88. The van der Waals surface area contributed by atoms with Crippen LogP contribution >= 0.6 is 0 Å². The van der Waals surface area contributed by atoms with Gasteiger partial charge in [0.2, 0.25) is 11.8 Å². The van der Waals surface area contributed by atoms with Gasteiger partial charge in [0.05, 0.1) is 12.0 Å². The number of carbonyl (C=O) groups excluding carboxylic acids is 4. The van der Waals surface area contributed by atoms with Crippen molar-refractivity contribution in [3.05, 3.63) is 23.8 Å². The molecule has 190 valence electrons. The van der Waals surface area contributed by atoms with E-state index in [0.29, 0.717) is 31.3 Å². The number of allylic oxidation sites excluding steroid dienone is 1. The molecule has 2 rings (SSSR count). The average Bonchev–Trinajstić information content (AvgIpc) is 2.74. The van der Waals surface area contributed by atoms with E-state index in [4.69, 9.17) is 9.47 Å². The fourth-order valence-electron chi connectivity index (χ4n) is 4.83. The fraction of sp³-hybridized carbons (Fsp3) is 0.692. The Labute approximate surface area is 202 Å². The van der Waals surface area contributed by atoms with Gasteiger partial charge in [-0.2, -0.15) is 0 Å². The molecular formula is C26H39NO7. The molecule has 8 heteroatoms. The number of Topliss-reactive ketones (excluding diaryl/α,β-unsaturated/α-hetero) is 1. The number of aliphatic hydroxyl groups excluding tert-OH is 1. The van der Waals surface area contributed by atoms with Gasteiger partial charge >= 0.3 is 5.97 Å². The van der Waals surface area contributed by atoms with E-state index in [0.717, 1.165) is 0 Å². The molecule has 0 aliphatic carbocycles. The highest BCUT2D eigenvalue weighted by Gasteiger charge is 2.32. The number of piperidine rings is 1. The highest BCUT2D eigenvalue weighted by Crippen LogP contribution is 2.28. The summed E-state index contributed by atoms with van der Waals surface area (Å²) in [6, 6.07) is 0. The van der Waals surface area contributed by atoms with E-state index in [-0.39, 0.29) is 54.2 Å². The van der Waals surface area contributed by atoms with Gasteiger partial charge in [-0.15, -0.1) is 0 Å². The van der Waals surface area contributed by atoms with Gasteiger partial charge in [0, 0.05) is 38.7 Å². The van der Waals surface area contributed by atoms with Crippen LogP contribution in [0.25, 0.3) is 0 Å². The van der Waals surface area contributed by atoms with Crippen LogP contribution in [0.1, 0.15) is 66.2 Å². The van der Waals surface area contributed by atoms with Crippen molar-refractivity contribution in [3.63, 3.8) is 0 Å². The standard InChI is InChI=1S/C26H39NO7/c1-15(10-19-13-22(29)27-23(30)14-19)11-20(28)18(4)26-17(3)12-16(2)25(32)21(33-5)8-6-7-9-24(31)34-26/h6,8,12,15-16,18-19,21,25-26,32H,7,9-11,13-14H2,1-5H3,(H,27,29,30)/b8-6+,17-12-/t15-,16-,18-,21?,25+,26+/m1/s1. The molecule has 8 nitrogen and oxygen atoms in total. The van der Waals surface area contributed by atoms with Gasteiger partial charge in [-0.1, -0.05) is 39.0 Å². The predicted molar refractivity (Wildman–Crippen MR) is 126 cm³/mol. The molecular weight excluding hydrogens is 438 g/mol. The van der Waals surface area contributed by atoms with Crippen molar-refractivity contribution < 1.29 is 33.8 Å². The van der Waals surface area contributed by atoms with E-state index < -0.39 is 24.2 Å². The first-order valence-corrected chi connectivity index (χ1v) is 12.1. The summed E-state index contributed by atoms with van der Waals surface area (Å²) in [7, 11) is 1.53. The van der Waals surface area contributed by atoms with Gasteiger partial charge in [0.25, 0.3) is 0 Å². The van der Waals surface area contributed by atoms with Crippen LogP contribution in [0, 0.1) is 23.7 Å². The van der Waals surface area contributed by atoms with Crippen molar-refractivity contribution in [3.8, 4) is 0 Å². The molecule has 0 aromatic heterocycles. The Bertz CT molecular complexity index is 802. The number of nitrogens with one attached hydrogen (secondary N) is 1. The highest BCUT2D eigenvalue weighted by atomic mass is 16.5. The van der Waals surface area contributed by atoms with Gasteiger partial charge in [-0.05, 0) is 37.2 Å². The second kappa shape index (κ2) is 13.0. The zero-order chi connectivity index (χ0) is 25.4. The molecule has 34 heavy (non-hydrogen) atoms. The molecule has 1 fully saturated rings. The van der Waals surface area contributed by atoms with E-state index in [1.807, 2.05) is 26.8 Å². The summed E-state index contributed by atoms with van der Waals surface area (Å²) >= 11 is 0. The number of cyclic esters (lactones) is 1. The summed E-state index contributed by atoms with van der Waals surface area (Å²) in [6.45, 7) is 7.36. The van der Waals surface area contributed by atoms with Gasteiger partial charge in [0.15, 0.2) is 0 Å². The minimum atomic E-state index is -0.784. The van der Waals surface area contributed by atoms with E-state index in [9.17, 15) is 24.3 Å². The topological polar surface area (TPSA) is 119 Å². The van der Waals surface area contributed by atoms with Crippen LogP contribution in [0.2, 0.25) is 0 Å². The Kier molecular flexibility index (Phi) is 10.6. The summed E-state index contributed by atoms with van der Waals surface area (Å²) < 4.78 is 11.1. The first kappa shape index (κ1) is 27.9. The molecule has 2 N–H and O–H groups in total. The number of imide groups is 1. The molecule has 0 spiro atoms. The molecule has 0 aromatic rings. The average molecular weight is 478 g/mol. The minimum Gasteiger partial charge on any atom is -0.457 e. The Morgan fingerprint density at radius 3 is 2.50 bits per heavy atom. The van der Waals surface area contributed by atoms with Crippen molar-refractivity contribution in [2.45, 2.75) is 84.5 Å². The van der Waals surface area contributed by atoms with E-state index in [1.165, 1.54) is 7.11 Å². The Morgan fingerprint density at radius 1 is 1.24 bits per heavy atom.